The molecule has 0 aliphatic heterocycles. The number of aromatic nitrogens is 2. The maximum Gasteiger partial charge on any atom is 0.0544 e. The minimum atomic E-state index is -0.151. The van der Waals surface area contributed by atoms with Crippen molar-refractivity contribution in [2.45, 2.75) is 19.3 Å². The fraction of sp³-hybridized carbons (Fsp3) is 0.0566. The molecule has 2 nitrogen and oxygen atoms in total. The summed E-state index contributed by atoms with van der Waals surface area (Å²) in [6.07, 6.45) is 0. The van der Waals surface area contributed by atoms with Crippen LogP contribution in [0.5, 0.6) is 0 Å². The number of hydrogen-bond donors (Lipinski definition) is 0. The van der Waals surface area contributed by atoms with E-state index >= 15 is 0 Å². The van der Waals surface area contributed by atoms with E-state index in [1.54, 1.807) is 0 Å². The van der Waals surface area contributed by atoms with Gasteiger partial charge in [-0.05, 0) is 92.7 Å². The van der Waals surface area contributed by atoms with Crippen molar-refractivity contribution in [1.29, 1.82) is 0 Å². The normalized spacial score (nSPS) is 13.4. The van der Waals surface area contributed by atoms with Gasteiger partial charge in [0.15, 0.2) is 0 Å². The molecule has 0 saturated carbocycles. The van der Waals surface area contributed by atoms with Gasteiger partial charge in [0.1, 0.15) is 0 Å². The molecule has 0 bridgehead atoms. The first-order chi connectivity index (χ1) is 27.1. The fourth-order valence-corrected chi connectivity index (χ4v) is 10.0. The second-order valence-electron chi connectivity index (χ2n) is 15.7. The van der Waals surface area contributed by atoms with Crippen molar-refractivity contribution in [1.82, 2.24) is 9.13 Å². The Morgan fingerprint density at radius 1 is 0.364 bits per heavy atom. The van der Waals surface area contributed by atoms with Crippen LogP contribution in [0.15, 0.2) is 182 Å². The summed E-state index contributed by atoms with van der Waals surface area (Å²) < 4.78 is 4.96. The molecule has 0 N–H and O–H groups in total. The van der Waals surface area contributed by atoms with Gasteiger partial charge in [-0.3, -0.25) is 0 Å². The van der Waals surface area contributed by atoms with Gasteiger partial charge in [0.2, 0.25) is 0 Å². The summed E-state index contributed by atoms with van der Waals surface area (Å²) in [5, 5.41) is 10.2. The van der Waals surface area contributed by atoms with E-state index in [2.05, 4.69) is 205 Å². The largest absolute Gasteiger partial charge is 0.309 e. The van der Waals surface area contributed by atoms with Crippen LogP contribution in [-0.4, -0.2) is 9.13 Å². The van der Waals surface area contributed by atoms with Crippen molar-refractivity contribution in [2.24, 2.45) is 0 Å². The van der Waals surface area contributed by atoms with Crippen LogP contribution in [0.1, 0.15) is 25.0 Å². The van der Waals surface area contributed by atoms with Gasteiger partial charge in [0.05, 0.1) is 33.4 Å². The van der Waals surface area contributed by atoms with Gasteiger partial charge in [-0.15, -0.1) is 0 Å². The lowest BCUT2D eigenvalue weighted by Gasteiger charge is -2.22. The summed E-state index contributed by atoms with van der Waals surface area (Å²) in [4.78, 5) is 0. The van der Waals surface area contributed by atoms with Crippen LogP contribution < -0.4 is 0 Å². The minimum absolute atomic E-state index is 0.151. The molecule has 0 fully saturated rings. The van der Waals surface area contributed by atoms with Gasteiger partial charge in [0.25, 0.3) is 0 Å². The quantitative estimate of drug-likeness (QED) is 0.174. The van der Waals surface area contributed by atoms with Crippen molar-refractivity contribution in [3.8, 4) is 33.6 Å². The maximum atomic E-state index is 2.51. The first-order valence-electron chi connectivity index (χ1n) is 19.3. The van der Waals surface area contributed by atoms with Crippen LogP contribution in [0, 0.1) is 0 Å². The molecule has 2 aromatic heterocycles. The summed E-state index contributed by atoms with van der Waals surface area (Å²) in [7, 11) is 0. The van der Waals surface area contributed by atoms with Crippen molar-refractivity contribution >= 4 is 65.2 Å². The Morgan fingerprint density at radius 2 is 0.873 bits per heavy atom. The number of fused-ring (bicyclic) bond motifs is 12. The molecular formula is C53H36N2. The molecule has 0 radical (unpaired) electrons. The summed E-state index contributed by atoms with van der Waals surface area (Å²) in [6.45, 7) is 4.81. The van der Waals surface area contributed by atoms with Gasteiger partial charge in [0, 0.05) is 37.7 Å². The highest BCUT2D eigenvalue weighted by Crippen LogP contribution is 2.53. The zero-order chi connectivity index (χ0) is 36.4. The smallest absolute Gasteiger partial charge is 0.0544 e. The van der Waals surface area contributed by atoms with Crippen LogP contribution in [0.3, 0.4) is 0 Å². The Kier molecular flexibility index (Phi) is 6.15. The van der Waals surface area contributed by atoms with Crippen LogP contribution in [0.25, 0.3) is 98.8 Å². The molecule has 2 heterocycles. The second-order valence-corrected chi connectivity index (χ2v) is 15.7. The van der Waals surface area contributed by atoms with Gasteiger partial charge in [-0.25, -0.2) is 0 Å². The van der Waals surface area contributed by atoms with E-state index in [9.17, 15) is 0 Å². The summed E-state index contributed by atoms with van der Waals surface area (Å²) in [6, 6.07) is 67.5. The minimum Gasteiger partial charge on any atom is -0.309 e. The standard InChI is InChI=1S/C53H36N2/c1-53(2)44-21-9-7-19-39(44)41-27-30-50-51(52(41)53)43-32-36(26-29-49(43)55(50)46-24-12-16-34-14-4-6-18-38(34)46)35-25-28-48-42(31-35)40-20-8-10-22-47(40)54(48)45-23-11-15-33-13-3-5-17-37(33)45/h3-32H,1-2H3. The number of benzene rings is 9. The molecule has 11 aromatic rings. The lowest BCUT2D eigenvalue weighted by molar-refractivity contribution is 0.666. The molecule has 1 aliphatic carbocycles. The molecule has 0 spiro atoms. The number of hydrogen-bond acceptors (Lipinski definition) is 0. The third-order valence-corrected chi connectivity index (χ3v) is 12.5. The Bertz CT molecular complexity index is 3400. The summed E-state index contributed by atoms with van der Waals surface area (Å²) in [5.41, 5.74) is 15.1. The van der Waals surface area contributed by atoms with E-state index in [4.69, 9.17) is 0 Å². The van der Waals surface area contributed by atoms with E-state index in [-0.39, 0.29) is 5.41 Å². The molecule has 12 rings (SSSR count). The average Bonchev–Trinajstić information content (AvgIpc) is 3.82. The molecule has 0 amide bonds. The fourth-order valence-electron chi connectivity index (χ4n) is 10.0. The molecule has 0 atom stereocenters. The van der Waals surface area contributed by atoms with E-state index < -0.39 is 0 Å². The van der Waals surface area contributed by atoms with Crippen molar-refractivity contribution in [3.05, 3.63) is 193 Å². The molecule has 55 heavy (non-hydrogen) atoms. The molecule has 258 valence electrons. The molecule has 1 aliphatic rings. The molecule has 2 heteroatoms. The highest BCUT2D eigenvalue weighted by atomic mass is 15.0. The van der Waals surface area contributed by atoms with Gasteiger partial charge in [-0.2, -0.15) is 0 Å². The van der Waals surface area contributed by atoms with Crippen molar-refractivity contribution < 1.29 is 0 Å². The highest BCUT2D eigenvalue weighted by molar-refractivity contribution is 6.17. The van der Waals surface area contributed by atoms with Gasteiger partial charge in [-0.1, -0.05) is 147 Å². The van der Waals surface area contributed by atoms with E-state index in [0.29, 0.717) is 0 Å². The van der Waals surface area contributed by atoms with Crippen molar-refractivity contribution in [3.63, 3.8) is 0 Å². The molecule has 0 unspecified atom stereocenters. The average molecular weight is 701 g/mol. The van der Waals surface area contributed by atoms with Crippen LogP contribution in [-0.2, 0) is 5.41 Å². The third-order valence-electron chi connectivity index (χ3n) is 12.5. The second kappa shape index (κ2) is 11.1. The Labute approximate surface area is 319 Å². The summed E-state index contributed by atoms with van der Waals surface area (Å²) >= 11 is 0. The van der Waals surface area contributed by atoms with E-state index in [0.717, 1.165) is 0 Å². The Hall–Kier alpha value is -6.90. The highest BCUT2D eigenvalue weighted by Gasteiger charge is 2.38. The SMILES string of the molecule is CC1(C)c2ccccc2-c2ccc3c(c21)c1cc(-c2ccc4c(c2)c2ccccc2n4-c2cccc4ccccc24)ccc1n3-c1cccc2ccccc12. The predicted octanol–water partition coefficient (Wildman–Crippen LogP) is 14.2. The number of para-hydroxylation sites is 1. The van der Waals surface area contributed by atoms with Crippen LogP contribution in [0.4, 0.5) is 0 Å². The number of rotatable bonds is 3. The zero-order valence-corrected chi connectivity index (χ0v) is 30.7. The van der Waals surface area contributed by atoms with Crippen LogP contribution in [0.2, 0.25) is 0 Å². The molecule has 0 saturated heterocycles. The predicted molar refractivity (Wildman–Crippen MR) is 233 cm³/mol. The maximum absolute atomic E-state index is 2.51. The van der Waals surface area contributed by atoms with E-state index in [1.165, 1.54) is 110 Å². The Balaban J connectivity index is 1.14. The molecular weight excluding hydrogens is 665 g/mol. The third kappa shape index (κ3) is 4.14. The van der Waals surface area contributed by atoms with Gasteiger partial charge < -0.3 is 9.13 Å². The van der Waals surface area contributed by atoms with E-state index in [1.807, 2.05) is 0 Å². The summed E-state index contributed by atoms with van der Waals surface area (Å²) in [5.74, 6) is 0. The number of nitrogens with zero attached hydrogens (tertiary/aromatic N) is 2. The lowest BCUT2D eigenvalue weighted by Crippen LogP contribution is -2.15. The lowest BCUT2D eigenvalue weighted by atomic mass is 9.80. The topological polar surface area (TPSA) is 9.86 Å². The Morgan fingerprint density at radius 3 is 1.58 bits per heavy atom. The zero-order valence-electron chi connectivity index (χ0n) is 30.7. The first-order valence-corrected chi connectivity index (χ1v) is 19.3. The molecule has 9 aromatic carbocycles. The van der Waals surface area contributed by atoms with Crippen molar-refractivity contribution in [2.75, 3.05) is 0 Å². The van der Waals surface area contributed by atoms with Gasteiger partial charge >= 0.3 is 0 Å². The van der Waals surface area contributed by atoms with Crippen LogP contribution >= 0.6 is 0 Å². The monoisotopic (exact) mass is 700 g/mol. The first kappa shape index (κ1) is 30.6.